The largest absolute Gasteiger partial charge is 0.480 e. The Hall–Kier alpha value is -2.41. The number of aryl methyl sites for hydroxylation is 2. The molecule has 1 saturated heterocycles. The Balaban J connectivity index is 1.80. The molecule has 1 aliphatic rings. The van der Waals surface area contributed by atoms with Crippen molar-refractivity contribution in [3.05, 3.63) is 36.0 Å². The number of nitrogens with one attached hydrogen (secondary N) is 1. The summed E-state index contributed by atoms with van der Waals surface area (Å²) >= 11 is 0. The first-order valence-corrected chi connectivity index (χ1v) is 7.50. The monoisotopic (exact) mass is 316 g/mol. The van der Waals surface area contributed by atoms with Crippen LogP contribution in [-0.2, 0) is 16.6 Å². The van der Waals surface area contributed by atoms with Gasteiger partial charge in [0.25, 0.3) is 0 Å². The lowest BCUT2D eigenvalue weighted by Crippen LogP contribution is -2.27. The summed E-state index contributed by atoms with van der Waals surface area (Å²) in [6.45, 7) is 2.45. The summed E-state index contributed by atoms with van der Waals surface area (Å²) in [6, 6.07) is 1.84. The van der Waals surface area contributed by atoms with Gasteiger partial charge in [-0.15, -0.1) is 0 Å². The number of anilines is 1. The molecular weight excluding hydrogens is 296 g/mol. The van der Waals surface area contributed by atoms with Gasteiger partial charge in [0.1, 0.15) is 17.6 Å². The van der Waals surface area contributed by atoms with Crippen molar-refractivity contribution < 1.29 is 14.3 Å². The van der Waals surface area contributed by atoms with E-state index in [1.54, 1.807) is 12.4 Å². The van der Waals surface area contributed by atoms with Gasteiger partial charge < -0.3 is 19.4 Å². The fourth-order valence-corrected chi connectivity index (χ4v) is 2.80. The molecule has 2 aromatic rings. The van der Waals surface area contributed by atoms with Crippen LogP contribution >= 0.6 is 0 Å². The van der Waals surface area contributed by atoms with Crippen molar-refractivity contribution in [2.45, 2.75) is 19.4 Å². The fraction of sp³-hybridized carbons (Fsp3) is 0.438. The summed E-state index contributed by atoms with van der Waals surface area (Å²) in [5, 5.41) is 2.91. The van der Waals surface area contributed by atoms with Crippen LogP contribution in [0.4, 0.5) is 5.69 Å². The predicted molar refractivity (Wildman–Crippen MR) is 84.2 cm³/mol. The first-order chi connectivity index (χ1) is 11.1. The molecule has 1 fully saturated rings. The minimum absolute atomic E-state index is 0.110. The summed E-state index contributed by atoms with van der Waals surface area (Å²) in [4.78, 5) is 21.2. The minimum Gasteiger partial charge on any atom is -0.480 e. The van der Waals surface area contributed by atoms with Gasteiger partial charge in [0.05, 0.1) is 13.0 Å². The third-order valence-electron chi connectivity index (χ3n) is 3.98. The molecule has 3 rings (SSSR count). The van der Waals surface area contributed by atoms with Crippen LogP contribution in [0.1, 0.15) is 23.9 Å². The first-order valence-electron chi connectivity index (χ1n) is 7.50. The number of imidazole rings is 1. The van der Waals surface area contributed by atoms with Gasteiger partial charge in [-0.25, -0.2) is 9.97 Å². The quantitative estimate of drug-likeness (QED) is 0.931. The zero-order valence-electron chi connectivity index (χ0n) is 13.4. The molecule has 7 heteroatoms. The molecule has 0 aliphatic carbocycles. The van der Waals surface area contributed by atoms with E-state index in [-0.39, 0.29) is 17.9 Å². The maximum atomic E-state index is 12.7. The van der Waals surface area contributed by atoms with Crippen molar-refractivity contribution in [3.8, 4) is 5.88 Å². The first kappa shape index (κ1) is 15.5. The lowest BCUT2D eigenvalue weighted by molar-refractivity contribution is -0.121. The van der Waals surface area contributed by atoms with E-state index < -0.39 is 0 Å². The highest BCUT2D eigenvalue weighted by atomic mass is 16.5. The Morgan fingerprint density at radius 1 is 1.48 bits per heavy atom. The van der Waals surface area contributed by atoms with E-state index in [1.165, 1.54) is 7.11 Å². The Bertz CT molecular complexity index is 713. The summed E-state index contributed by atoms with van der Waals surface area (Å²) in [5.41, 5.74) is 1.52. The predicted octanol–water partition coefficient (Wildman–Crippen LogP) is 1.85. The van der Waals surface area contributed by atoms with Crippen LogP contribution in [0, 0.1) is 12.8 Å². The van der Waals surface area contributed by atoms with Crippen molar-refractivity contribution in [2.75, 3.05) is 19.0 Å². The van der Waals surface area contributed by atoms with E-state index >= 15 is 0 Å². The zero-order valence-corrected chi connectivity index (χ0v) is 13.4. The number of carbonyl (C=O) groups is 1. The number of aromatic nitrogens is 3. The third kappa shape index (κ3) is 3.05. The summed E-state index contributed by atoms with van der Waals surface area (Å²) < 4.78 is 12.8. The maximum absolute atomic E-state index is 12.7. The summed E-state index contributed by atoms with van der Waals surface area (Å²) in [7, 11) is 3.43. The molecule has 0 unspecified atom stereocenters. The lowest BCUT2D eigenvalue weighted by atomic mass is 9.99. The summed E-state index contributed by atoms with van der Waals surface area (Å²) in [5.74, 6) is 0.760. The summed E-state index contributed by atoms with van der Waals surface area (Å²) in [6.07, 6.45) is 5.58. The Labute approximate surface area is 134 Å². The Kier molecular flexibility index (Phi) is 4.29. The zero-order chi connectivity index (χ0) is 16.4. The average molecular weight is 316 g/mol. The van der Waals surface area contributed by atoms with Gasteiger partial charge in [-0.3, -0.25) is 4.79 Å². The molecule has 0 aromatic carbocycles. The fourth-order valence-electron chi connectivity index (χ4n) is 2.80. The molecule has 1 amide bonds. The molecule has 2 aromatic heterocycles. The smallest absolute Gasteiger partial charge is 0.237 e. The van der Waals surface area contributed by atoms with Gasteiger partial charge in [-0.2, -0.15) is 0 Å². The molecule has 0 bridgehead atoms. The third-order valence-corrected chi connectivity index (χ3v) is 3.98. The number of pyridine rings is 1. The molecule has 0 radical (unpaired) electrons. The lowest BCUT2D eigenvalue weighted by Gasteiger charge is -2.18. The molecule has 3 heterocycles. The van der Waals surface area contributed by atoms with Crippen LogP contribution in [0.3, 0.4) is 0 Å². The van der Waals surface area contributed by atoms with E-state index in [1.807, 2.05) is 30.8 Å². The number of nitrogens with zero attached hydrogens (tertiary/aromatic N) is 3. The second-order valence-corrected chi connectivity index (χ2v) is 5.64. The number of amides is 1. The number of carbonyl (C=O) groups excluding carboxylic acids is 1. The number of hydrogen-bond acceptors (Lipinski definition) is 5. The van der Waals surface area contributed by atoms with E-state index in [2.05, 4.69) is 15.3 Å². The molecule has 1 aliphatic heterocycles. The van der Waals surface area contributed by atoms with Gasteiger partial charge in [0.2, 0.25) is 11.8 Å². The van der Waals surface area contributed by atoms with Crippen molar-refractivity contribution >= 4 is 11.6 Å². The van der Waals surface area contributed by atoms with Crippen molar-refractivity contribution in [2.24, 2.45) is 13.0 Å². The normalized spacial score (nSPS) is 20.5. The van der Waals surface area contributed by atoms with Crippen molar-refractivity contribution in [1.82, 2.24) is 14.5 Å². The Morgan fingerprint density at radius 3 is 3.00 bits per heavy atom. The van der Waals surface area contributed by atoms with Crippen LogP contribution in [0.15, 0.2) is 24.7 Å². The Morgan fingerprint density at radius 2 is 2.30 bits per heavy atom. The minimum atomic E-state index is -0.334. The van der Waals surface area contributed by atoms with E-state index in [4.69, 9.17) is 9.47 Å². The molecule has 0 saturated carbocycles. The highest BCUT2D eigenvalue weighted by molar-refractivity contribution is 5.94. The van der Waals surface area contributed by atoms with E-state index in [0.29, 0.717) is 24.6 Å². The number of hydrogen-bond donors (Lipinski definition) is 1. The van der Waals surface area contributed by atoms with Gasteiger partial charge in [0, 0.05) is 32.2 Å². The molecular formula is C16H20N4O3. The highest BCUT2D eigenvalue weighted by Gasteiger charge is 2.37. The molecule has 1 N–H and O–H groups in total. The molecule has 7 nitrogen and oxygen atoms in total. The topological polar surface area (TPSA) is 78.3 Å². The van der Waals surface area contributed by atoms with E-state index in [0.717, 1.165) is 11.4 Å². The number of ether oxygens (including phenoxy) is 2. The van der Waals surface area contributed by atoms with Gasteiger partial charge in [-0.1, -0.05) is 0 Å². The van der Waals surface area contributed by atoms with Crippen LogP contribution < -0.4 is 10.1 Å². The maximum Gasteiger partial charge on any atom is 0.237 e. The van der Waals surface area contributed by atoms with Gasteiger partial charge in [-0.05, 0) is 25.0 Å². The molecule has 122 valence electrons. The van der Waals surface area contributed by atoms with Crippen LogP contribution in [0.2, 0.25) is 0 Å². The molecule has 23 heavy (non-hydrogen) atoms. The van der Waals surface area contributed by atoms with Crippen molar-refractivity contribution in [1.29, 1.82) is 0 Å². The second kappa shape index (κ2) is 6.37. The number of methoxy groups -OCH3 is 1. The second-order valence-electron chi connectivity index (χ2n) is 5.64. The molecule has 0 spiro atoms. The van der Waals surface area contributed by atoms with Gasteiger partial charge >= 0.3 is 0 Å². The van der Waals surface area contributed by atoms with Gasteiger partial charge in [0.15, 0.2) is 0 Å². The highest BCUT2D eigenvalue weighted by Crippen LogP contribution is 2.35. The molecule has 2 atom stereocenters. The van der Waals surface area contributed by atoms with Crippen LogP contribution in [0.5, 0.6) is 5.88 Å². The van der Waals surface area contributed by atoms with Crippen molar-refractivity contribution in [3.63, 3.8) is 0 Å². The number of rotatable bonds is 4. The standard InChI is InChI=1S/C16H20N4O3/c1-10-8-12(16(22-3)18-9-10)19-15(21)11-4-7-23-13(11)14-17-5-6-20(14)2/h5-6,8-9,11,13H,4,7H2,1-3H3,(H,19,21)/t11-,13-/m1/s1. The van der Waals surface area contributed by atoms with Crippen LogP contribution in [0.25, 0.3) is 0 Å². The van der Waals surface area contributed by atoms with Crippen LogP contribution in [-0.4, -0.2) is 34.2 Å². The SMILES string of the molecule is COc1ncc(C)cc1NC(=O)[C@@H]1CCO[C@H]1c1nccn1C. The van der Waals surface area contributed by atoms with E-state index in [9.17, 15) is 4.79 Å². The average Bonchev–Trinajstić information content (AvgIpc) is 3.15.